The maximum absolute atomic E-state index is 12.8. The fraction of sp³-hybridized carbons (Fsp3) is 0.593. The number of aryl methyl sites for hydroxylation is 1. The quantitative estimate of drug-likeness (QED) is 0.505. The lowest BCUT2D eigenvalue weighted by atomic mass is 9.75. The van der Waals surface area contributed by atoms with Crippen LogP contribution in [0, 0.1) is 18.8 Å². The Morgan fingerprint density at radius 1 is 1.26 bits per heavy atom. The summed E-state index contributed by atoms with van der Waals surface area (Å²) in [5, 5.41) is 21.3. The van der Waals surface area contributed by atoms with Crippen LogP contribution in [0.3, 0.4) is 0 Å². The molecule has 0 radical (unpaired) electrons. The number of epoxide rings is 1. The second kappa shape index (κ2) is 9.72. The highest BCUT2D eigenvalue weighted by atomic mass is 16.6. The van der Waals surface area contributed by atoms with E-state index in [1.54, 1.807) is 19.2 Å². The summed E-state index contributed by atoms with van der Waals surface area (Å²) in [6.45, 7) is 7.61. The molecule has 1 fully saturated rings. The molecule has 34 heavy (non-hydrogen) atoms. The minimum Gasteiger partial charge on any atom is -0.458 e. The fourth-order valence-electron chi connectivity index (χ4n) is 5.11. The Morgan fingerprint density at radius 2 is 2.03 bits per heavy atom. The Morgan fingerprint density at radius 3 is 2.74 bits per heavy atom. The normalized spacial score (nSPS) is 37.2. The van der Waals surface area contributed by atoms with Crippen molar-refractivity contribution in [1.82, 2.24) is 4.98 Å². The van der Waals surface area contributed by atoms with Gasteiger partial charge in [-0.15, -0.1) is 0 Å². The van der Waals surface area contributed by atoms with Crippen LogP contribution in [0.25, 0.3) is 6.08 Å². The van der Waals surface area contributed by atoms with Crippen molar-refractivity contribution in [1.29, 1.82) is 0 Å². The molecule has 1 aromatic rings. The molecule has 3 aliphatic rings. The van der Waals surface area contributed by atoms with Crippen molar-refractivity contribution in [2.24, 2.45) is 11.8 Å². The van der Waals surface area contributed by atoms with Gasteiger partial charge in [-0.05, 0) is 63.3 Å². The second-order valence-electron chi connectivity index (χ2n) is 10.3. The molecule has 2 aliphatic heterocycles. The Balaban J connectivity index is 1.59. The number of carbonyl (C=O) groups is 2. The first kappa shape index (κ1) is 24.8. The molecule has 3 heterocycles. The molecule has 0 spiro atoms. The molecule has 7 nitrogen and oxygen atoms in total. The number of ether oxygens (including phenoxy) is 2. The van der Waals surface area contributed by atoms with Gasteiger partial charge >= 0.3 is 5.97 Å². The SMILES string of the molecule is C/C(=C\c1ccc(C)cn1)[C@@H]1C[C@@H]2O[C@]2(C)CCC[C@@H]2C=C(C(=O)[C@H](C)[C@H]2O)[C@@H](O)CC(=O)O1. The smallest absolute Gasteiger partial charge is 0.309 e. The zero-order valence-electron chi connectivity index (χ0n) is 20.4. The summed E-state index contributed by atoms with van der Waals surface area (Å²) in [5.74, 6) is -1.75. The van der Waals surface area contributed by atoms with Crippen LogP contribution in [0.15, 0.2) is 35.6 Å². The van der Waals surface area contributed by atoms with E-state index in [4.69, 9.17) is 9.47 Å². The molecule has 2 N–H and O–H groups in total. The summed E-state index contributed by atoms with van der Waals surface area (Å²) in [6.07, 6.45) is 5.24. The van der Waals surface area contributed by atoms with E-state index in [0.29, 0.717) is 12.8 Å². The number of aromatic nitrogens is 1. The summed E-state index contributed by atoms with van der Waals surface area (Å²) >= 11 is 0. The number of cyclic esters (lactones) is 1. The molecular formula is C27H35NO6. The number of aliphatic hydroxyl groups is 2. The molecule has 2 bridgehead atoms. The predicted octanol–water partition coefficient (Wildman–Crippen LogP) is 3.31. The van der Waals surface area contributed by atoms with E-state index in [2.05, 4.69) is 11.9 Å². The summed E-state index contributed by atoms with van der Waals surface area (Å²) in [7, 11) is 0. The molecule has 4 rings (SSSR count). The number of aliphatic hydroxyl groups excluding tert-OH is 2. The van der Waals surface area contributed by atoms with Crippen molar-refractivity contribution in [3.63, 3.8) is 0 Å². The Labute approximate surface area is 200 Å². The number of pyridine rings is 1. The number of rotatable bonds is 2. The zero-order chi connectivity index (χ0) is 24.6. The van der Waals surface area contributed by atoms with Crippen LogP contribution >= 0.6 is 0 Å². The van der Waals surface area contributed by atoms with Crippen molar-refractivity contribution >= 4 is 17.8 Å². The topological polar surface area (TPSA) is 109 Å². The predicted molar refractivity (Wildman–Crippen MR) is 127 cm³/mol. The van der Waals surface area contributed by atoms with Gasteiger partial charge < -0.3 is 19.7 Å². The largest absolute Gasteiger partial charge is 0.458 e. The van der Waals surface area contributed by atoms with Gasteiger partial charge in [0.25, 0.3) is 0 Å². The van der Waals surface area contributed by atoms with Crippen molar-refractivity contribution in [2.45, 2.75) is 89.8 Å². The Bertz CT molecular complexity index is 999. The number of hydrogen-bond acceptors (Lipinski definition) is 7. The molecule has 0 saturated carbocycles. The van der Waals surface area contributed by atoms with Crippen LogP contribution < -0.4 is 0 Å². The van der Waals surface area contributed by atoms with E-state index in [1.165, 1.54) is 0 Å². The summed E-state index contributed by atoms with van der Waals surface area (Å²) in [4.78, 5) is 30.0. The second-order valence-corrected chi connectivity index (χ2v) is 10.3. The van der Waals surface area contributed by atoms with Gasteiger partial charge in [-0.2, -0.15) is 0 Å². The van der Waals surface area contributed by atoms with Gasteiger partial charge in [-0.1, -0.05) is 19.1 Å². The first-order valence-corrected chi connectivity index (χ1v) is 12.2. The van der Waals surface area contributed by atoms with Crippen molar-refractivity contribution in [2.75, 3.05) is 0 Å². The highest BCUT2D eigenvalue weighted by Crippen LogP contribution is 2.45. The molecule has 184 valence electrons. The lowest BCUT2D eigenvalue weighted by Crippen LogP contribution is -2.40. The van der Waals surface area contributed by atoms with E-state index < -0.39 is 30.2 Å². The number of esters is 1. The maximum atomic E-state index is 12.8. The molecule has 1 saturated heterocycles. The van der Waals surface area contributed by atoms with E-state index in [9.17, 15) is 19.8 Å². The minimum atomic E-state index is -1.26. The van der Waals surface area contributed by atoms with Crippen LogP contribution in [-0.2, 0) is 19.1 Å². The third-order valence-corrected chi connectivity index (χ3v) is 7.53. The van der Waals surface area contributed by atoms with Crippen molar-refractivity contribution in [3.8, 4) is 0 Å². The van der Waals surface area contributed by atoms with Gasteiger partial charge in [0.2, 0.25) is 0 Å². The lowest BCUT2D eigenvalue weighted by Gasteiger charge is -2.32. The van der Waals surface area contributed by atoms with E-state index in [1.807, 2.05) is 32.1 Å². The fourth-order valence-corrected chi connectivity index (χ4v) is 5.11. The first-order valence-electron chi connectivity index (χ1n) is 12.2. The van der Waals surface area contributed by atoms with Crippen LogP contribution in [0.4, 0.5) is 0 Å². The van der Waals surface area contributed by atoms with E-state index >= 15 is 0 Å². The molecule has 1 aliphatic carbocycles. The van der Waals surface area contributed by atoms with Gasteiger partial charge in [-0.3, -0.25) is 14.6 Å². The Hall–Kier alpha value is -2.35. The lowest BCUT2D eigenvalue weighted by molar-refractivity contribution is -0.149. The first-order chi connectivity index (χ1) is 16.1. The number of nitrogens with zero attached hydrogens (tertiary/aromatic N) is 1. The molecule has 0 unspecified atom stereocenters. The van der Waals surface area contributed by atoms with Crippen LogP contribution in [0.1, 0.15) is 64.1 Å². The molecule has 0 amide bonds. The Kier molecular flexibility index (Phi) is 7.08. The van der Waals surface area contributed by atoms with Gasteiger partial charge in [0, 0.05) is 30.0 Å². The highest BCUT2D eigenvalue weighted by molar-refractivity contribution is 5.99. The van der Waals surface area contributed by atoms with Crippen LogP contribution in [0.2, 0.25) is 0 Å². The van der Waals surface area contributed by atoms with Gasteiger partial charge in [0.05, 0.1) is 36.0 Å². The third kappa shape index (κ3) is 5.32. The maximum Gasteiger partial charge on any atom is 0.309 e. The van der Waals surface area contributed by atoms with Crippen molar-refractivity contribution < 1.29 is 29.3 Å². The van der Waals surface area contributed by atoms with Gasteiger partial charge in [-0.25, -0.2) is 0 Å². The molecule has 7 atom stereocenters. The number of Topliss-reactive ketones (excluding diaryl/α,β-unsaturated/α-hetero) is 1. The molecule has 0 aromatic carbocycles. The van der Waals surface area contributed by atoms with Gasteiger partial charge in [0.15, 0.2) is 5.78 Å². The summed E-state index contributed by atoms with van der Waals surface area (Å²) in [6, 6.07) is 3.89. The molecular weight excluding hydrogens is 434 g/mol. The summed E-state index contributed by atoms with van der Waals surface area (Å²) in [5.41, 5.74) is 2.58. The number of carbonyl (C=O) groups excluding carboxylic acids is 2. The zero-order valence-corrected chi connectivity index (χ0v) is 20.4. The number of fused-ring (bicyclic) bond motifs is 2. The number of ketones is 1. The van der Waals surface area contributed by atoms with Crippen molar-refractivity contribution in [3.05, 3.63) is 46.8 Å². The summed E-state index contributed by atoms with van der Waals surface area (Å²) < 4.78 is 11.9. The third-order valence-electron chi connectivity index (χ3n) is 7.53. The van der Waals surface area contributed by atoms with Crippen LogP contribution in [0.5, 0.6) is 0 Å². The van der Waals surface area contributed by atoms with Crippen LogP contribution in [-0.4, -0.2) is 57.0 Å². The number of hydrogen-bond donors (Lipinski definition) is 2. The van der Waals surface area contributed by atoms with E-state index in [-0.39, 0.29) is 35.4 Å². The van der Waals surface area contributed by atoms with Gasteiger partial charge in [0.1, 0.15) is 6.10 Å². The average Bonchev–Trinajstić information content (AvgIpc) is 3.42. The van der Waals surface area contributed by atoms with E-state index in [0.717, 1.165) is 29.7 Å². The average molecular weight is 470 g/mol. The molecule has 1 aromatic heterocycles. The minimum absolute atomic E-state index is 0.0459. The standard InChI is InChI=1S/C27H35NO6/c1-15-7-8-19(28-14-15)10-16(2)22-13-23-27(4,34-23)9-5-6-18-11-20(21(29)12-24(30)33-22)26(32)17(3)25(18)31/h7-8,10-11,14,17-18,21-23,25,29,31H,5-6,9,12-13H2,1-4H3/b16-10+/t17-,18-,21+,22+,23+,25-,27-/m1/s1. The highest BCUT2D eigenvalue weighted by Gasteiger charge is 2.53. The monoisotopic (exact) mass is 469 g/mol. The molecule has 7 heteroatoms.